The summed E-state index contributed by atoms with van der Waals surface area (Å²) in [6.45, 7) is 3.96. The first kappa shape index (κ1) is 25.3. The van der Waals surface area contributed by atoms with Crippen LogP contribution in [0.25, 0.3) is 0 Å². The molecule has 0 saturated carbocycles. The molecule has 6 nitrogen and oxygen atoms in total. The SMILES string of the molecule is CCCCCCC1(CCCCCC/C=C/CC[C@@H](O)[C@]2(C(=O)OC)CO2)OCCO1. The molecule has 2 saturated heterocycles. The van der Waals surface area contributed by atoms with Crippen LogP contribution in [-0.4, -0.2) is 55.5 Å². The number of aliphatic hydroxyl groups is 1. The van der Waals surface area contributed by atoms with Gasteiger partial charge in [-0.2, -0.15) is 0 Å². The van der Waals surface area contributed by atoms with E-state index >= 15 is 0 Å². The third-order valence-corrected chi connectivity index (χ3v) is 6.20. The van der Waals surface area contributed by atoms with E-state index < -0.39 is 17.7 Å². The minimum absolute atomic E-state index is 0.251. The zero-order chi connectivity index (χ0) is 21.7. The highest BCUT2D eigenvalue weighted by Gasteiger charge is 2.59. The number of aliphatic hydroxyl groups excluding tert-OH is 1. The first-order valence-electron chi connectivity index (χ1n) is 11.9. The molecule has 2 fully saturated rings. The number of allylic oxidation sites excluding steroid dienone is 2. The number of unbranched alkanes of at least 4 members (excludes halogenated alkanes) is 7. The van der Waals surface area contributed by atoms with Crippen LogP contribution in [0.15, 0.2) is 12.2 Å². The molecule has 1 N–H and O–H groups in total. The van der Waals surface area contributed by atoms with E-state index in [0.29, 0.717) is 6.42 Å². The highest BCUT2D eigenvalue weighted by atomic mass is 16.7. The van der Waals surface area contributed by atoms with E-state index in [0.717, 1.165) is 45.3 Å². The van der Waals surface area contributed by atoms with Gasteiger partial charge in [0.05, 0.1) is 33.0 Å². The molecule has 0 aliphatic carbocycles. The molecule has 0 aromatic carbocycles. The Kier molecular flexibility index (Phi) is 11.4. The van der Waals surface area contributed by atoms with Gasteiger partial charge < -0.3 is 24.1 Å². The van der Waals surface area contributed by atoms with Gasteiger partial charge in [0.15, 0.2) is 5.79 Å². The predicted octanol–water partition coefficient (Wildman–Crippen LogP) is 4.68. The second kappa shape index (κ2) is 13.5. The van der Waals surface area contributed by atoms with Crippen LogP contribution in [0.5, 0.6) is 0 Å². The molecule has 0 radical (unpaired) electrons. The van der Waals surface area contributed by atoms with E-state index in [9.17, 15) is 9.90 Å². The quantitative estimate of drug-likeness (QED) is 0.157. The molecule has 2 aliphatic heterocycles. The summed E-state index contributed by atoms with van der Waals surface area (Å²) in [7, 11) is 1.32. The van der Waals surface area contributed by atoms with Crippen LogP contribution in [0, 0.1) is 0 Å². The summed E-state index contributed by atoms with van der Waals surface area (Å²) in [5.41, 5.74) is -1.11. The number of methoxy groups -OCH3 is 1. The lowest BCUT2D eigenvalue weighted by Gasteiger charge is -2.27. The molecule has 174 valence electrons. The Hall–Kier alpha value is -0.950. The van der Waals surface area contributed by atoms with Crippen LogP contribution in [0.3, 0.4) is 0 Å². The van der Waals surface area contributed by atoms with Crippen LogP contribution in [-0.2, 0) is 23.7 Å². The minimum atomic E-state index is -1.11. The number of rotatable bonds is 17. The highest BCUT2D eigenvalue weighted by molar-refractivity contribution is 5.83. The van der Waals surface area contributed by atoms with E-state index in [1.54, 1.807) is 0 Å². The van der Waals surface area contributed by atoms with Gasteiger partial charge in [0.25, 0.3) is 0 Å². The maximum Gasteiger partial charge on any atom is 0.343 e. The Morgan fingerprint density at radius 2 is 1.57 bits per heavy atom. The smallest absolute Gasteiger partial charge is 0.343 e. The fraction of sp³-hybridized carbons (Fsp3) is 0.875. The Labute approximate surface area is 182 Å². The molecule has 0 unspecified atom stereocenters. The van der Waals surface area contributed by atoms with Crippen LogP contribution >= 0.6 is 0 Å². The van der Waals surface area contributed by atoms with Crippen molar-refractivity contribution in [2.24, 2.45) is 0 Å². The average Bonchev–Trinajstić information content (AvgIpc) is 3.45. The van der Waals surface area contributed by atoms with Gasteiger partial charge in [-0.1, -0.05) is 51.2 Å². The molecule has 2 atom stereocenters. The first-order chi connectivity index (χ1) is 14.6. The highest BCUT2D eigenvalue weighted by Crippen LogP contribution is 2.34. The fourth-order valence-electron chi connectivity index (χ4n) is 4.16. The van der Waals surface area contributed by atoms with Crippen molar-refractivity contribution in [3.63, 3.8) is 0 Å². The van der Waals surface area contributed by atoms with Crippen molar-refractivity contribution >= 4 is 5.97 Å². The Bertz CT molecular complexity index is 508. The number of epoxide rings is 1. The van der Waals surface area contributed by atoms with E-state index in [1.807, 2.05) is 0 Å². The van der Waals surface area contributed by atoms with Crippen molar-refractivity contribution in [3.8, 4) is 0 Å². The van der Waals surface area contributed by atoms with Crippen molar-refractivity contribution in [1.82, 2.24) is 0 Å². The molecule has 0 aromatic rings. The van der Waals surface area contributed by atoms with Crippen molar-refractivity contribution in [3.05, 3.63) is 12.2 Å². The van der Waals surface area contributed by atoms with Gasteiger partial charge >= 0.3 is 5.97 Å². The van der Waals surface area contributed by atoms with Gasteiger partial charge in [0.2, 0.25) is 5.60 Å². The van der Waals surface area contributed by atoms with Crippen LogP contribution < -0.4 is 0 Å². The molecule has 0 amide bonds. The van der Waals surface area contributed by atoms with Gasteiger partial charge in [-0.25, -0.2) is 4.79 Å². The Morgan fingerprint density at radius 1 is 0.967 bits per heavy atom. The molecule has 0 bridgehead atoms. The molecule has 6 heteroatoms. The van der Waals surface area contributed by atoms with Gasteiger partial charge in [0, 0.05) is 12.8 Å². The van der Waals surface area contributed by atoms with E-state index in [4.69, 9.17) is 18.9 Å². The lowest BCUT2D eigenvalue weighted by atomic mass is 9.99. The third kappa shape index (κ3) is 7.95. The summed E-state index contributed by atoms with van der Waals surface area (Å²) in [5, 5.41) is 10.2. The van der Waals surface area contributed by atoms with Crippen LogP contribution in [0.4, 0.5) is 0 Å². The Morgan fingerprint density at radius 3 is 2.17 bits per heavy atom. The molecule has 0 spiro atoms. The van der Waals surface area contributed by atoms with Crippen LogP contribution in [0.1, 0.15) is 90.4 Å². The van der Waals surface area contributed by atoms with E-state index in [-0.39, 0.29) is 12.4 Å². The summed E-state index contributed by atoms with van der Waals surface area (Å²) < 4.78 is 21.8. The number of hydrogen-bond acceptors (Lipinski definition) is 6. The van der Waals surface area contributed by atoms with Crippen LogP contribution in [0.2, 0.25) is 0 Å². The second-order valence-corrected chi connectivity index (χ2v) is 8.61. The number of ether oxygens (including phenoxy) is 4. The molecule has 2 aliphatic rings. The Balaban J connectivity index is 1.49. The monoisotopic (exact) mass is 426 g/mol. The summed E-state index contributed by atoms with van der Waals surface area (Å²) in [6.07, 6.45) is 17.5. The van der Waals surface area contributed by atoms with Crippen molar-refractivity contribution < 1.29 is 28.8 Å². The normalized spacial score (nSPS) is 23.7. The molecule has 0 aromatic heterocycles. The lowest BCUT2D eigenvalue weighted by molar-refractivity contribution is -0.168. The van der Waals surface area contributed by atoms with E-state index in [1.165, 1.54) is 52.1 Å². The standard InChI is InChI=1S/C24H42O6/c1-3-4-5-13-16-23(28-18-19-29-23)17-14-11-9-7-6-8-10-12-15-21(25)24(20-30-24)22(26)27-2/h8,10,21,25H,3-7,9,11-20H2,1-2H3/b10-8+/t21-,24+/m1/s1. The van der Waals surface area contributed by atoms with Gasteiger partial charge in [-0.05, 0) is 38.5 Å². The predicted molar refractivity (Wildman–Crippen MR) is 116 cm³/mol. The van der Waals surface area contributed by atoms with Crippen molar-refractivity contribution in [1.29, 1.82) is 0 Å². The molecular formula is C24H42O6. The summed E-state index contributed by atoms with van der Waals surface area (Å²) in [6, 6.07) is 0. The average molecular weight is 427 g/mol. The first-order valence-corrected chi connectivity index (χ1v) is 11.9. The fourth-order valence-corrected chi connectivity index (χ4v) is 4.16. The zero-order valence-electron chi connectivity index (χ0n) is 19.0. The largest absolute Gasteiger partial charge is 0.467 e. The van der Waals surface area contributed by atoms with Gasteiger partial charge in [0.1, 0.15) is 0 Å². The topological polar surface area (TPSA) is 77.5 Å². The molecule has 30 heavy (non-hydrogen) atoms. The van der Waals surface area contributed by atoms with E-state index in [2.05, 4.69) is 19.1 Å². The zero-order valence-corrected chi connectivity index (χ0v) is 19.0. The van der Waals surface area contributed by atoms with Crippen molar-refractivity contribution in [2.45, 2.75) is 108 Å². The second-order valence-electron chi connectivity index (χ2n) is 8.61. The number of esters is 1. The van der Waals surface area contributed by atoms with Crippen molar-refractivity contribution in [2.75, 3.05) is 26.9 Å². The van der Waals surface area contributed by atoms with Gasteiger partial charge in [-0.15, -0.1) is 0 Å². The lowest BCUT2D eigenvalue weighted by Crippen LogP contribution is -2.38. The number of hydrogen-bond donors (Lipinski definition) is 1. The summed E-state index contributed by atoms with van der Waals surface area (Å²) in [5.74, 6) is -0.781. The summed E-state index contributed by atoms with van der Waals surface area (Å²) in [4.78, 5) is 11.6. The third-order valence-electron chi connectivity index (χ3n) is 6.20. The summed E-state index contributed by atoms with van der Waals surface area (Å²) >= 11 is 0. The number of carbonyl (C=O) groups excluding carboxylic acids is 1. The molecule has 2 rings (SSSR count). The van der Waals surface area contributed by atoms with Gasteiger partial charge in [-0.3, -0.25) is 0 Å². The minimum Gasteiger partial charge on any atom is -0.467 e. The molecule has 2 heterocycles. The maximum atomic E-state index is 11.6. The maximum absolute atomic E-state index is 11.6. The number of carbonyl (C=O) groups is 1. The molecular weight excluding hydrogens is 384 g/mol.